The number of amides is 2. The van der Waals surface area contributed by atoms with Crippen LogP contribution in [0.5, 0.6) is 0 Å². The fourth-order valence-electron chi connectivity index (χ4n) is 3.49. The lowest BCUT2D eigenvalue weighted by atomic mass is 9.95. The highest BCUT2D eigenvalue weighted by molar-refractivity contribution is 5.94. The van der Waals surface area contributed by atoms with Crippen LogP contribution in [0.1, 0.15) is 30.2 Å². The minimum Gasteiger partial charge on any atom is -0.461 e. The van der Waals surface area contributed by atoms with Crippen LogP contribution >= 0.6 is 0 Å². The number of aromatic nitrogens is 2. The van der Waals surface area contributed by atoms with Crippen LogP contribution in [0, 0.1) is 6.92 Å². The summed E-state index contributed by atoms with van der Waals surface area (Å²) in [5.74, 6) is 1.91. The average molecular weight is 350 g/mol. The third-order valence-electron chi connectivity index (χ3n) is 4.85. The van der Waals surface area contributed by atoms with Gasteiger partial charge >= 0.3 is 6.03 Å². The van der Waals surface area contributed by atoms with Crippen LogP contribution in [0.25, 0.3) is 11.3 Å². The van der Waals surface area contributed by atoms with E-state index in [0.29, 0.717) is 12.5 Å². The van der Waals surface area contributed by atoms with E-state index in [2.05, 4.69) is 15.5 Å². The van der Waals surface area contributed by atoms with E-state index in [9.17, 15) is 4.79 Å². The van der Waals surface area contributed by atoms with Crippen molar-refractivity contribution < 1.29 is 9.21 Å². The molecule has 26 heavy (non-hydrogen) atoms. The van der Waals surface area contributed by atoms with Gasteiger partial charge in [0.15, 0.2) is 0 Å². The van der Waals surface area contributed by atoms with Crippen molar-refractivity contribution in [2.45, 2.75) is 25.7 Å². The molecule has 2 N–H and O–H groups in total. The molecule has 0 saturated carbocycles. The lowest BCUT2D eigenvalue weighted by molar-refractivity contribution is 0.192. The molecule has 6 heteroatoms. The Bertz CT molecular complexity index is 885. The number of benzene rings is 1. The number of carbonyl (C=O) groups excluding carboxylic acids is 1. The van der Waals surface area contributed by atoms with E-state index < -0.39 is 0 Å². The molecule has 2 amide bonds. The summed E-state index contributed by atoms with van der Waals surface area (Å²) >= 11 is 0. The smallest absolute Gasteiger partial charge is 0.321 e. The van der Waals surface area contributed by atoms with E-state index in [0.717, 1.165) is 47.9 Å². The first-order chi connectivity index (χ1) is 12.7. The number of aromatic amines is 1. The molecule has 4 rings (SSSR count). The number of urea groups is 1. The number of rotatable bonds is 3. The molecule has 1 atom stereocenters. The number of hydrogen-bond acceptors (Lipinski definition) is 3. The Hall–Kier alpha value is -3.02. The lowest BCUT2D eigenvalue weighted by Gasteiger charge is -2.32. The van der Waals surface area contributed by atoms with Gasteiger partial charge in [-0.15, -0.1) is 0 Å². The van der Waals surface area contributed by atoms with Gasteiger partial charge in [0, 0.05) is 36.5 Å². The molecule has 1 aliphatic rings. The maximum absolute atomic E-state index is 12.8. The van der Waals surface area contributed by atoms with Crippen molar-refractivity contribution in [2.24, 2.45) is 0 Å². The molecule has 1 unspecified atom stereocenters. The zero-order valence-electron chi connectivity index (χ0n) is 14.7. The summed E-state index contributed by atoms with van der Waals surface area (Å²) in [6.45, 7) is 3.36. The van der Waals surface area contributed by atoms with Gasteiger partial charge in [-0.1, -0.05) is 12.1 Å². The normalized spacial score (nSPS) is 17.3. The molecule has 1 aromatic carbocycles. The summed E-state index contributed by atoms with van der Waals surface area (Å²) in [4.78, 5) is 14.7. The van der Waals surface area contributed by atoms with Gasteiger partial charge in [-0.2, -0.15) is 5.10 Å². The van der Waals surface area contributed by atoms with E-state index in [1.807, 2.05) is 54.3 Å². The number of para-hydroxylation sites is 1. The maximum atomic E-state index is 12.8. The summed E-state index contributed by atoms with van der Waals surface area (Å²) in [5, 5.41) is 10.1. The molecular formula is C20H22N4O2. The molecule has 1 aliphatic heterocycles. The number of carbonyl (C=O) groups is 1. The number of hydrogen-bond donors (Lipinski definition) is 2. The molecule has 3 heterocycles. The number of piperidine rings is 1. The van der Waals surface area contributed by atoms with Crippen LogP contribution in [-0.4, -0.2) is 34.2 Å². The Kier molecular flexibility index (Phi) is 4.48. The van der Waals surface area contributed by atoms with Gasteiger partial charge in [-0.05, 0) is 50.1 Å². The van der Waals surface area contributed by atoms with Crippen molar-refractivity contribution in [1.82, 2.24) is 15.1 Å². The molecule has 1 saturated heterocycles. The van der Waals surface area contributed by atoms with Crippen LogP contribution in [0.4, 0.5) is 10.5 Å². The van der Waals surface area contributed by atoms with Gasteiger partial charge in [-0.3, -0.25) is 5.10 Å². The molecule has 3 aromatic rings. The molecule has 134 valence electrons. The molecule has 0 radical (unpaired) electrons. The van der Waals surface area contributed by atoms with Crippen molar-refractivity contribution >= 4 is 11.7 Å². The van der Waals surface area contributed by atoms with Crippen molar-refractivity contribution in [1.29, 1.82) is 0 Å². The SMILES string of the molecule is Cc1ccc(-c2ccccc2NC(=O)N2CCCC(c3ccn[nH]3)C2)o1. The van der Waals surface area contributed by atoms with Gasteiger partial charge in [0.2, 0.25) is 0 Å². The van der Waals surface area contributed by atoms with Crippen LogP contribution < -0.4 is 5.32 Å². The number of nitrogens with zero attached hydrogens (tertiary/aromatic N) is 2. The average Bonchev–Trinajstić information content (AvgIpc) is 3.34. The second kappa shape index (κ2) is 7.07. The quantitative estimate of drug-likeness (QED) is 0.736. The maximum Gasteiger partial charge on any atom is 0.321 e. The van der Waals surface area contributed by atoms with Gasteiger partial charge in [-0.25, -0.2) is 4.79 Å². The van der Waals surface area contributed by atoms with Gasteiger partial charge in [0.1, 0.15) is 11.5 Å². The van der Waals surface area contributed by atoms with Crippen molar-refractivity contribution in [3.05, 3.63) is 60.1 Å². The first-order valence-electron chi connectivity index (χ1n) is 8.92. The van der Waals surface area contributed by atoms with Crippen LogP contribution in [0.3, 0.4) is 0 Å². The largest absolute Gasteiger partial charge is 0.461 e. The number of furan rings is 1. The van der Waals surface area contributed by atoms with E-state index in [1.165, 1.54) is 0 Å². The summed E-state index contributed by atoms with van der Waals surface area (Å²) in [6, 6.07) is 13.5. The fraction of sp³-hybridized carbons (Fsp3) is 0.300. The second-order valence-corrected chi connectivity index (χ2v) is 6.68. The molecule has 2 aromatic heterocycles. The Morgan fingerprint density at radius 2 is 2.15 bits per heavy atom. The standard InChI is InChI=1S/C20H22N4O2/c1-14-8-9-19(26-14)16-6-2-3-7-18(16)22-20(25)24-12-4-5-15(13-24)17-10-11-21-23-17/h2-3,6-11,15H,4-5,12-13H2,1H3,(H,21,23)(H,22,25). The summed E-state index contributed by atoms with van der Waals surface area (Å²) in [6.07, 6.45) is 3.81. The van der Waals surface area contributed by atoms with E-state index in [1.54, 1.807) is 6.20 Å². The third-order valence-corrected chi connectivity index (χ3v) is 4.85. The Morgan fingerprint density at radius 1 is 1.27 bits per heavy atom. The summed E-state index contributed by atoms with van der Waals surface area (Å²) in [5.41, 5.74) is 2.74. The minimum absolute atomic E-state index is 0.0788. The third kappa shape index (κ3) is 3.35. The summed E-state index contributed by atoms with van der Waals surface area (Å²) < 4.78 is 5.73. The van der Waals surface area contributed by atoms with Crippen LogP contribution in [-0.2, 0) is 0 Å². The Labute approximate surface area is 152 Å². The molecule has 1 fully saturated rings. The first kappa shape index (κ1) is 16.4. The van der Waals surface area contributed by atoms with Gasteiger partial charge in [0.25, 0.3) is 0 Å². The zero-order valence-corrected chi connectivity index (χ0v) is 14.7. The van der Waals surface area contributed by atoms with Crippen molar-refractivity contribution in [3.63, 3.8) is 0 Å². The molecule has 0 aliphatic carbocycles. The van der Waals surface area contributed by atoms with E-state index in [-0.39, 0.29) is 6.03 Å². The predicted octanol–water partition coefficient (Wildman–Crippen LogP) is 4.39. The Balaban J connectivity index is 1.50. The number of H-pyrrole nitrogens is 1. The van der Waals surface area contributed by atoms with Crippen molar-refractivity contribution in [2.75, 3.05) is 18.4 Å². The van der Waals surface area contributed by atoms with Crippen molar-refractivity contribution in [3.8, 4) is 11.3 Å². The number of anilines is 1. The highest BCUT2D eigenvalue weighted by atomic mass is 16.3. The molecule has 0 bridgehead atoms. The number of nitrogens with one attached hydrogen (secondary N) is 2. The fourth-order valence-corrected chi connectivity index (χ4v) is 3.49. The zero-order chi connectivity index (χ0) is 17.9. The molecular weight excluding hydrogens is 328 g/mol. The monoisotopic (exact) mass is 350 g/mol. The van der Waals surface area contributed by atoms with Gasteiger partial charge < -0.3 is 14.6 Å². The molecule has 0 spiro atoms. The van der Waals surface area contributed by atoms with Crippen LogP contribution in [0.15, 0.2) is 53.1 Å². The highest BCUT2D eigenvalue weighted by Crippen LogP contribution is 2.30. The first-order valence-corrected chi connectivity index (χ1v) is 8.92. The number of likely N-dealkylation sites (tertiary alicyclic amines) is 1. The highest BCUT2D eigenvalue weighted by Gasteiger charge is 2.26. The van der Waals surface area contributed by atoms with Crippen LogP contribution in [0.2, 0.25) is 0 Å². The van der Waals surface area contributed by atoms with Gasteiger partial charge in [0.05, 0.1) is 5.69 Å². The summed E-state index contributed by atoms with van der Waals surface area (Å²) in [7, 11) is 0. The van der Waals surface area contributed by atoms with E-state index in [4.69, 9.17) is 4.42 Å². The lowest BCUT2D eigenvalue weighted by Crippen LogP contribution is -2.41. The molecule has 6 nitrogen and oxygen atoms in total. The second-order valence-electron chi connectivity index (χ2n) is 6.68. The minimum atomic E-state index is -0.0788. The Morgan fingerprint density at radius 3 is 2.92 bits per heavy atom. The van der Waals surface area contributed by atoms with E-state index >= 15 is 0 Å². The predicted molar refractivity (Wildman–Crippen MR) is 100 cm³/mol. The topological polar surface area (TPSA) is 74.2 Å². The number of aryl methyl sites for hydroxylation is 1.